The van der Waals surface area contributed by atoms with E-state index in [0.717, 1.165) is 24.8 Å². The molecule has 1 aromatic rings. The standard InChI is InChI=1S/C16H22N2O3/c1-2-5-13-6-3-4-7-14(13)17-15(20)16(21)18-9-8-12(10-18)11-19/h3-4,6-7,12,19H,2,5,8-11H2,1H3,(H,17,20). The summed E-state index contributed by atoms with van der Waals surface area (Å²) in [6.45, 7) is 3.13. The number of aliphatic hydroxyl groups excluding tert-OH is 1. The summed E-state index contributed by atoms with van der Waals surface area (Å²) >= 11 is 0. The molecule has 1 aromatic carbocycles. The van der Waals surface area contributed by atoms with Gasteiger partial charge in [0, 0.05) is 31.3 Å². The molecule has 2 N–H and O–H groups in total. The van der Waals surface area contributed by atoms with Gasteiger partial charge >= 0.3 is 11.8 Å². The van der Waals surface area contributed by atoms with E-state index >= 15 is 0 Å². The molecule has 1 fully saturated rings. The molecule has 21 heavy (non-hydrogen) atoms. The number of aryl methyl sites for hydroxylation is 1. The van der Waals surface area contributed by atoms with Crippen LogP contribution in [0.15, 0.2) is 24.3 Å². The SMILES string of the molecule is CCCc1ccccc1NC(=O)C(=O)N1CCC(CO)C1. The molecule has 0 saturated carbocycles. The van der Waals surface area contributed by atoms with Crippen LogP contribution >= 0.6 is 0 Å². The van der Waals surface area contributed by atoms with Crippen LogP contribution in [0.5, 0.6) is 0 Å². The summed E-state index contributed by atoms with van der Waals surface area (Å²) < 4.78 is 0. The zero-order chi connectivity index (χ0) is 15.2. The molecule has 0 bridgehead atoms. The molecule has 2 rings (SSSR count). The van der Waals surface area contributed by atoms with Gasteiger partial charge in [0.25, 0.3) is 0 Å². The third kappa shape index (κ3) is 3.82. The fourth-order valence-corrected chi connectivity index (χ4v) is 2.62. The molecule has 5 nitrogen and oxygen atoms in total. The van der Waals surface area contributed by atoms with Crippen molar-refractivity contribution in [3.05, 3.63) is 29.8 Å². The van der Waals surface area contributed by atoms with Gasteiger partial charge in [-0.3, -0.25) is 9.59 Å². The minimum atomic E-state index is -0.600. The summed E-state index contributed by atoms with van der Waals surface area (Å²) in [4.78, 5) is 25.7. The van der Waals surface area contributed by atoms with Crippen LogP contribution in [0.25, 0.3) is 0 Å². The average Bonchev–Trinajstić information content (AvgIpc) is 2.97. The molecular weight excluding hydrogens is 268 g/mol. The minimum Gasteiger partial charge on any atom is -0.396 e. The van der Waals surface area contributed by atoms with Crippen LogP contribution in [0, 0.1) is 5.92 Å². The van der Waals surface area contributed by atoms with Crippen molar-refractivity contribution in [3.63, 3.8) is 0 Å². The maximum atomic E-state index is 12.1. The van der Waals surface area contributed by atoms with Crippen LogP contribution in [0.4, 0.5) is 5.69 Å². The lowest BCUT2D eigenvalue weighted by Gasteiger charge is -2.16. The van der Waals surface area contributed by atoms with E-state index in [1.807, 2.05) is 24.3 Å². The van der Waals surface area contributed by atoms with Crippen molar-refractivity contribution < 1.29 is 14.7 Å². The molecule has 0 aromatic heterocycles. The summed E-state index contributed by atoms with van der Waals surface area (Å²) in [5.41, 5.74) is 1.74. The van der Waals surface area contributed by atoms with Crippen molar-refractivity contribution in [2.24, 2.45) is 5.92 Å². The fraction of sp³-hybridized carbons (Fsp3) is 0.500. The van der Waals surface area contributed by atoms with Gasteiger partial charge in [0.05, 0.1) is 0 Å². The van der Waals surface area contributed by atoms with Gasteiger partial charge in [0.1, 0.15) is 0 Å². The van der Waals surface area contributed by atoms with Gasteiger partial charge in [0.15, 0.2) is 0 Å². The summed E-state index contributed by atoms with van der Waals surface area (Å²) in [6, 6.07) is 7.55. The number of anilines is 1. The van der Waals surface area contributed by atoms with E-state index in [2.05, 4.69) is 12.2 Å². The molecule has 1 saturated heterocycles. The van der Waals surface area contributed by atoms with E-state index in [0.29, 0.717) is 18.8 Å². The molecule has 1 atom stereocenters. The van der Waals surface area contributed by atoms with E-state index in [9.17, 15) is 9.59 Å². The predicted octanol–water partition coefficient (Wildman–Crippen LogP) is 1.42. The van der Waals surface area contributed by atoms with Crippen molar-refractivity contribution >= 4 is 17.5 Å². The highest BCUT2D eigenvalue weighted by Crippen LogP contribution is 2.18. The number of carbonyl (C=O) groups is 2. The Kier molecular flexibility index (Phi) is 5.33. The Bertz CT molecular complexity index is 516. The summed E-state index contributed by atoms with van der Waals surface area (Å²) in [5, 5.41) is 11.8. The first kappa shape index (κ1) is 15.5. The molecule has 114 valence electrons. The smallest absolute Gasteiger partial charge is 0.313 e. The number of carbonyl (C=O) groups excluding carboxylic acids is 2. The highest BCUT2D eigenvalue weighted by Gasteiger charge is 2.29. The largest absolute Gasteiger partial charge is 0.396 e. The van der Waals surface area contributed by atoms with E-state index in [4.69, 9.17) is 5.11 Å². The van der Waals surface area contributed by atoms with Gasteiger partial charge in [-0.1, -0.05) is 31.5 Å². The van der Waals surface area contributed by atoms with Crippen molar-refractivity contribution in [1.29, 1.82) is 0 Å². The highest BCUT2D eigenvalue weighted by atomic mass is 16.3. The Morgan fingerprint density at radius 2 is 2.14 bits per heavy atom. The lowest BCUT2D eigenvalue weighted by molar-refractivity contribution is -0.142. The molecule has 0 aliphatic carbocycles. The third-order valence-corrected chi connectivity index (χ3v) is 3.81. The zero-order valence-corrected chi connectivity index (χ0v) is 12.3. The fourth-order valence-electron chi connectivity index (χ4n) is 2.62. The normalized spacial score (nSPS) is 17.8. The molecule has 1 unspecified atom stereocenters. The number of nitrogens with zero attached hydrogens (tertiary/aromatic N) is 1. The molecular formula is C16H22N2O3. The van der Waals surface area contributed by atoms with Crippen LogP contribution in [0.2, 0.25) is 0 Å². The van der Waals surface area contributed by atoms with Crippen molar-refractivity contribution in [3.8, 4) is 0 Å². The lowest BCUT2D eigenvalue weighted by atomic mass is 10.1. The number of para-hydroxylation sites is 1. The van der Waals surface area contributed by atoms with Gasteiger partial charge in [-0.25, -0.2) is 0 Å². The number of rotatable bonds is 4. The third-order valence-electron chi connectivity index (χ3n) is 3.81. The minimum absolute atomic E-state index is 0.0603. The van der Waals surface area contributed by atoms with Gasteiger partial charge < -0.3 is 15.3 Å². The van der Waals surface area contributed by atoms with Crippen molar-refractivity contribution in [2.45, 2.75) is 26.2 Å². The van der Waals surface area contributed by atoms with Gasteiger partial charge in [-0.05, 0) is 24.5 Å². The van der Waals surface area contributed by atoms with Gasteiger partial charge in [-0.15, -0.1) is 0 Å². The molecule has 0 radical (unpaired) electrons. The van der Waals surface area contributed by atoms with E-state index in [1.54, 1.807) is 0 Å². The van der Waals surface area contributed by atoms with Crippen LogP contribution in [-0.4, -0.2) is 41.5 Å². The number of nitrogens with one attached hydrogen (secondary N) is 1. The quantitative estimate of drug-likeness (QED) is 0.824. The number of hydrogen-bond donors (Lipinski definition) is 2. The second-order valence-electron chi connectivity index (χ2n) is 5.45. The van der Waals surface area contributed by atoms with Crippen LogP contribution < -0.4 is 5.32 Å². The van der Waals surface area contributed by atoms with E-state index in [1.165, 1.54) is 4.90 Å². The average molecular weight is 290 g/mol. The van der Waals surface area contributed by atoms with Crippen molar-refractivity contribution in [2.75, 3.05) is 25.0 Å². The maximum Gasteiger partial charge on any atom is 0.313 e. The Morgan fingerprint density at radius 3 is 2.81 bits per heavy atom. The second-order valence-corrected chi connectivity index (χ2v) is 5.45. The highest BCUT2D eigenvalue weighted by molar-refractivity contribution is 6.39. The van der Waals surface area contributed by atoms with Crippen molar-refractivity contribution in [1.82, 2.24) is 4.90 Å². The first-order chi connectivity index (χ1) is 10.2. The topological polar surface area (TPSA) is 69.6 Å². The lowest BCUT2D eigenvalue weighted by Crippen LogP contribution is -2.38. The molecule has 5 heteroatoms. The molecule has 1 heterocycles. The molecule has 2 amide bonds. The Hall–Kier alpha value is -1.88. The number of likely N-dealkylation sites (tertiary alicyclic amines) is 1. The Morgan fingerprint density at radius 1 is 1.38 bits per heavy atom. The number of benzene rings is 1. The molecule has 0 spiro atoms. The predicted molar refractivity (Wildman–Crippen MR) is 80.8 cm³/mol. The van der Waals surface area contributed by atoms with E-state index in [-0.39, 0.29) is 12.5 Å². The van der Waals surface area contributed by atoms with Gasteiger partial charge in [-0.2, -0.15) is 0 Å². The van der Waals surface area contributed by atoms with Crippen LogP contribution in [0.1, 0.15) is 25.3 Å². The second kappa shape index (κ2) is 7.22. The van der Waals surface area contributed by atoms with Crippen LogP contribution in [-0.2, 0) is 16.0 Å². The van der Waals surface area contributed by atoms with Crippen LogP contribution in [0.3, 0.4) is 0 Å². The first-order valence-corrected chi connectivity index (χ1v) is 7.44. The summed E-state index contributed by atoms with van der Waals surface area (Å²) in [5.74, 6) is -1.02. The zero-order valence-electron chi connectivity index (χ0n) is 12.3. The summed E-state index contributed by atoms with van der Waals surface area (Å²) in [7, 11) is 0. The Labute approximate surface area is 125 Å². The Balaban J connectivity index is 2.00. The molecule has 1 aliphatic rings. The molecule has 1 aliphatic heterocycles. The van der Waals surface area contributed by atoms with E-state index < -0.39 is 11.8 Å². The van der Waals surface area contributed by atoms with Gasteiger partial charge in [0.2, 0.25) is 0 Å². The number of aliphatic hydroxyl groups is 1. The first-order valence-electron chi connectivity index (χ1n) is 7.44. The maximum absolute atomic E-state index is 12.1. The number of hydrogen-bond acceptors (Lipinski definition) is 3. The number of amides is 2. The monoisotopic (exact) mass is 290 g/mol. The summed E-state index contributed by atoms with van der Waals surface area (Å²) in [6.07, 6.45) is 2.59.